The van der Waals surface area contributed by atoms with E-state index in [0.717, 1.165) is 34.9 Å². The third kappa shape index (κ3) is 5.39. The fourth-order valence-electron chi connectivity index (χ4n) is 3.33. The Morgan fingerprint density at radius 1 is 1.21 bits per heavy atom. The van der Waals surface area contributed by atoms with E-state index in [9.17, 15) is 13.2 Å². The minimum absolute atomic E-state index is 0.184. The van der Waals surface area contributed by atoms with E-state index in [-0.39, 0.29) is 16.7 Å². The summed E-state index contributed by atoms with van der Waals surface area (Å²) in [6.45, 7) is 0.198. The molecule has 156 valence electrons. The lowest BCUT2D eigenvalue weighted by molar-refractivity contribution is -0.119. The van der Waals surface area contributed by atoms with Gasteiger partial charge in [-0.05, 0) is 55.7 Å². The molecule has 0 radical (unpaired) electrons. The molecule has 0 unspecified atom stereocenters. The van der Waals surface area contributed by atoms with Crippen molar-refractivity contribution in [3.05, 3.63) is 53.4 Å². The molecule has 0 fully saturated rings. The Morgan fingerprint density at radius 3 is 2.72 bits per heavy atom. The van der Waals surface area contributed by atoms with Gasteiger partial charge in [0.25, 0.3) is 10.0 Å². The molecule has 29 heavy (non-hydrogen) atoms. The largest absolute Gasteiger partial charge is 0.495 e. The van der Waals surface area contributed by atoms with Gasteiger partial charge in [-0.3, -0.25) is 9.10 Å². The van der Waals surface area contributed by atoms with Crippen molar-refractivity contribution in [2.45, 2.75) is 36.3 Å². The number of nitrogens with zero attached hydrogens (tertiary/aromatic N) is 1. The Kier molecular flexibility index (Phi) is 7.33. The maximum atomic E-state index is 13.2. The van der Waals surface area contributed by atoms with Crippen LogP contribution in [0.5, 0.6) is 5.75 Å². The van der Waals surface area contributed by atoms with Crippen molar-refractivity contribution in [2.75, 3.05) is 24.5 Å². The summed E-state index contributed by atoms with van der Waals surface area (Å²) in [6.07, 6.45) is 7.65. The Hall–Kier alpha value is -2.32. The number of allylic oxidation sites excluding steroid dienone is 1. The first-order chi connectivity index (χ1) is 14.0. The molecule has 2 aromatic rings. The first kappa shape index (κ1) is 21.4. The highest BCUT2D eigenvalue weighted by atomic mass is 32.2. The SMILES string of the molecule is COc1ccccc1N(CC(=O)NCCC1=CCCCC1)S(=O)(=O)c1cccs1. The van der Waals surface area contributed by atoms with Gasteiger partial charge in [-0.25, -0.2) is 8.42 Å². The second-order valence-electron chi connectivity index (χ2n) is 6.82. The van der Waals surface area contributed by atoms with E-state index in [1.54, 1.807) is 35.7 Å². The van der Waals surface area contributed by atoms with Crippen molar-refractivity contribution in [1.29, 1.82) is 0 Å². The van der Waals surface area contributed by atoms with Crippen LogP contribution in [-0.2, 0) is 14.8 Å². The molecule has 0 bridgehead atoms. The lowest BCUT2D eigenvalue weighted by Gasteiger charge is -2.25. The van der Waals surface area contributed by atoms with Gasteiger partial charge in [0.05, 0.1) is 12.8 Å². The highest BCUT2D eigenvalue weighted by Gasteiger charge is 2.30. The summed E-state index contributed by atoms with van der Waals surface area (Å²) in [4.78, 5) is 12.6. The molecular weight excluding hydrogens is 408 g/mol. The zero-order chi connectivity index (χ0) is 20.7. The molecular formula is C21H26N2O4S2. The summed E-state index contributed by atoms with van der Waals surface area (Å²) < 4.78 is 33.1. The molecule has 3 rings (SSSR count). The molecule has 1 N–H and O–H groups in total. The number of methoxy groups -OCH3 is 1. The van der Waals surface area contributed by atoms with E-state index >= 15 is 0 Å². The summed E-state index contributed by atoms with van der Waals surface area (Å²) in [5, 5.41) is 4.56. The molecule has 1 aliphatic rings. The molecule has 6 nitrogen and oxygen atoms in total. The minimum Gasteiger partial charge on any atom is -0.495 e. The quantitative estimate of drug-likeness (QED) is 0.606. The average Bonchev–Trinajstić information content (AvgIpc) is 3.28. The number of hydrogen-bond donors (Lipinski definition) is 1. The molecule has 0 saturated carbocycles. The number of rotatable bonds is 9. The second-order valence-corrected chi connectivity index (χ2v) is 9.86. The number of anilines is 1. The minimum atomic E-state index is -3.88. The highest BCUT2D eigenvalue weighted by molar-refractivity contribution is 7.94. The van der Waals surface area contributed by atoms with Gasteiger partial charge in [-0.2, -0.15) is 0 Å². The number of carbonyl (C=O) groups is 1. The van der Waals surface area contributed by atoms with Crippen LogP contribution in [0.2, 0.25) is 0 Å². The van der Waals surface area contributed by atoms with Gasteiger partial charge in [-0.15, -0.1) is 11.3 Å². The number of nitrogens with one attached hydrogen (secondary N) is 1. The third-order valence-corrected chi connectivity index (χ3v) is 7.97. The fraction of sp³-hybridized carbons (Fsp3) is 0.381. The summed E-state index contributed by atoms with van der Waals surface area (Å²) >= 11 is 1.12. The van der Waals surface area contributed by atoms with E-state index in [4.69, 9.17) is 4.74 Å². The number of ether oxygens (including phenoxy) is 1. The van der Waals surface area contributed by atoms with Crippen LogP contribution >= 0.6 is 11.3 Å². The maximum Gasteiger partial charge on any atom is 0.274 e. The van der Waals surface area contributed by atoms with Crippen molar-refractivity contribution >= 4 is 33.0 Å². The molecule has 0 aliphatic heterocycles. The van der Waals surface area contributed by atoms with Gasteiger partial charge in [0.2, 0.25) is 5.91 Å². The molecule has 1 aliphatic carbocycles. The fourth-order valence-corrected chi connectivity index (χ4v) is 5.87. The number of hydrogen-bond acceptors (Lipinski definition) is 5. The first-order valence-corrected chi connectivity index (χ1v) is 12.0. The molecule has 8 heteroatoms. The zero-order valence-electron chi connectivity index (χ0n) is 16.5. The predicted octanol–water partition coefficient (Wildman–Crippen LogP) is 3.96. The van der Waals surface area contributed by atoms with Gasteiger partial charge in [0.15, 0.2) is 0 Å². The van der Waals surface area contributed by atoms with Gasteiger partial charge in [-0.1, -0.05) is 29.8 Å². The van der Waals surface area contributed by atoms with Gasteiger partial charge in [0, 0.05) is 6.54 Å². The van der Waals surface area contributed by atoms with Crippen LogP contribution in [0.1, 0.15) is 32.1 Å². The number of thiophene rings is 1. The predicted molar refractivity (Wildman–Crippen MR) is 116 cm³/mol. The zero-order valence-corrected chi connectivity index (χ0v) is 18.1. The molecule has 1 heterocycles. The van der Waals surface area contributed by atoms with E-state index in [1.165, 1.54) is 31.6 Å². The van der Waals surface area contributed by atoms with E-state index in [2.05, 4.69) is 11.4 Å². The molecule has 1 amide bonds. The number of carbonyl (C=O) groups excluding carboxylic acids is 1. The summed E-state index contributed by atoms with van der Waals surface area (Å²) in [6, 6.07) is 10.0. The summed E-state index contributed by atoms with van der Waals surface area (Å²) in [7, 11) is -2.41. The molecule has 0 spiro atoms. The van der Waals surface area contributed by atoms with E-state index < -0.39 is 10.0 Å². The van der Waals surface area contributed by atoms with Crippen LogP contribution in [0.15, 0.2) is 57.6 Å². The standard InChI is InChI=1S/C21H26N2O4S2/c1-27-19-11-6-5-10-18(19)23(29(25,26)21-12-7-15-28-21)16-20(24)22-14-13-17-8-3-2-4-9-17/h5-8,10-12,15H,2-4,9,13-14,16H2,1H3,(H,22,24). The van der Waals surface area contributed by atoms with Crippen molar-refractivity contribution in [3.8, 4) is 5.75 Å². The van der Waals surface area contributed by atoms with Crippen LogP contribution in [-0.4, -0.2) is 34.5 Å². The van der Waals surface area contributed by atoms with Crippen LogP contribution in [0.4, 0.5) is 5.69 Å². The third-order valence-electron chi connectivity index (χ3n) is 4.83. The van der Waals surface area contributed by atoms with Crippen molar-refractivity contribution in [2.24, 2.45) is 0 Å². The van der Waals surface area contributed by atoms with Crippen molar-refractivity contribution in [1.82, 2.24) is 5.32 Å². The Balaban J connectivity index is 1.76. The monoisotopic (exact) mass is 434 g/mol. The van der Waals surface area contributed by atoms with Crippen LogP contribution in [0.25, 0.3) is 0 Å². The number of amides is 1. The highest BCUT2D eigenvalue weighted by Crippen LogP contribution is 2.33. The maximum absolute atomic E-state index is 13.2. The summed E-state index contributed by atoms with van der Waals surface area (Å²) in [5.41, 5.74) is 1.71. The topological polar surface area (TPSA) is 75.7 Å². The van der Waals surface area contributed by atoms with E-state index in [0.29, 0.717) is 18.0 Å². The lowest BCUT2D eigenvalue weighted by Crippen LogP contribution is -2.41. The van der Waals surface area contributed by atoms with Crippen LogP contribution in [0, 0.1) is 0 Å². The van der Waals surface area contributed by atoms with Gasteiger partial charge in [0.1, 0.15) is 16.5 Å². The normalized spacial score (nSPS) is 14.2. The molecule has 1 aromatic heterocycles. The van der Waals surface area contributed by atoms with Gasteiger partial charge < -0.3 is 10.1 Å². The Bertz CT molecular complexity index is 953. The van der Waals surface area contributed by atoms with Crippen LogP contribution < -0.4 is 14.4 Å². The Morgan fingerprint density at radius 2 is 2.03 bits per heavy atom. The molecule has 0 saturated heterocycles. The average molecular weight is 435 g/mol. The smallest absolute Gasteiger partial charge is 0.274 e. The van der Waals surface area contributed by atoms with E-state index in [1.807, 2.05) is 0 Å². The number of benzene rings is 1. The number of para-hydroxylation sites is 2. The second kappa shape index (κ2) is 9.93. The molecule has 1 aromatic carbocycles. The van der Waals surface area contributed by atoms with Crippen LogP contribution in [0.3, 0.4) is 0 Å². The van der Waals surface area contributed by atoms with Crippen molar-refractivity contribution in [3.63, 3.8) is 0 Å². The van der Waals surface area contributed by atoms with Crippen molar-refractivity contribution < 1.29 is 17.9 Å². The first-order valence-electron chi connectivity index (χ1n) is 9.66. The lowest BCUT2D eigenvalue weighted by atomic mass is 9.97. The molecule has 0 atom stereocenters. The van der Waals surface area contributed by atoms with Gasteiger partial charge >= 0.3 is 0 Å². The summed E-state index contributed by atoms with van der Waals surface area (Å²) in [5.74, 6) is 0.0558. The number of sulfonamides is 1. The Labute approximate surface area is 176 Å².